The van der Waals surface area contributed by atoms with Crippen LogP contribution >= 0.6 is 0 Å². The summed E-state index contributed by atoms with van der Waals surface area (Å²) < 4.78 is 7.42. The number of nitrogens with zero attached hydrogens (tertiary/aromatic N) is 4. The van der Waals surface area contributed by atoms with E-state index >= 15 is 0 Å². The van der Waals surface area contributed by atoms with Crippen molar-refractivity contribution >= 4 is 22.8 Å². The number of esters is 1. The van der Waals surface area contributed by atoms with E-state index in [1.807, 2.05) is 25.1 Å². The number of hydrogen-bond donors (Lipinski definition) is 3. The summed E-state index contributed by atoms with van der Waals surface area (Å²) in [6.45, 7) is 12.1. The van der Waals surface area contributed by atoms with Crippen LogP contribution in [0.25, 0.3) is 11.0 Å². The normalized spacial score (nSPS) is 13.2. The average molecular weight is 455 g/mol. The summed E-state index contributed by atoms with van der Waals surface area (Å²) in [7, 11) is 0. The van der Waals surface area contributed by atoms with Gasteiger partial charge in [0, 0.05) is 25.1 Å². The third-order valence-electron chi connectivity index (χ3n) is 5.41. The maximum absolute atomic E-state index is 11.5. The van der Waals surface area contributed by atoms with Crippen molar-refractivity contribution in [2.45, 2.75) is 72.5 Å². The molecule has 0 spiro atoms. The molecule has 1 unspecified atom stereocenters. The minimum absolute atomic E-state index is 0.0464. The van der Waals surface area contributed by atoms with E-state index in [2.05, 4.69) is 47.8 Å². The maximum atomic E-state index is 11.5. The van der Waals surface area contributed by atoms with Gasteiger partial charge in [-0.3, -0.25) is 9.89 Å². The van der Waals surface area contributed by atoms with Gasteiger partial charge >= 0.3 is 5.97 Å². The first-order chi connectivity index (χ1) is 15.8. The molecule has 1 aromatic carbocycles. The summed E-state index contributed by atoms with van der Waals surface area (Å²) in [5.41, 5.74) is 4.02. The number of fused-ring (bicyclic) bond motifs is 1. The second-order valence-corrected chi connectivity index (χ2v) is 8.64. The van der Waals surface area contributed by atoms with Gasteiger partial charge in [-0.1, -0.05) is 39.0 Å². The molecule has 33 heavy (non-hydrogen) atoms. The largest absolute Gasteiger partial charge is 0.426 e. The summed E-state index contributed by atoms with van der Waals surface area (Å²) in [6, 6.07) is 7.22. The predicted octanol–water partition coefficient (Wildman–Crippen LogP) is 3.67. The van der Waals surface area contributed by atoms with Gasteiger partial charge in [0.2, 0.25) is 5.62 Å². The Balaban J connectivity index is 2.16. The second kappa shape index (κ2) is 10.6. The lowest BCUT2D eigenvalue weighted by Crippen LogP contribution is -2.30. The summed E-state index contributed by atoms with van der Waals surface area (Å²) in [5.74, 6) is 0.926. The van der Waals surface area contributed by atoms with Gasteiger partial charge in [-0.05, 0) is 32.3 Å². The second-order valence-electron chi connectivity index (χ2n) is 8.64. The maximum Gasteiger partial charge on any atom is 0.308 e. The van der Waals surface area contributed by atoms with Gasteiger partial charge < -0.3 is 19.7 Å². The minimum atomic E-state index is -0.370. The van der Waals surface area contributed by atoms with Crippen LogP contribution in [0.5, 0.6) is 5.75 Å². The molecule has 3 aromatic rings. The number of para-hydroxylation sites is 1. The quantitative estimate of drug-likeness (QED) is 0.335. The van der Waals surface area contributed by atoms with Gasteiger partial charge in [0.15, 0.2) is 11.3 Å². The Kier molecular flexibility index (Phi) is 7.86. The fourth-order valence-corrected chi connectivity index (χ4v) is 3.68. The lowest BCUT2D eigenvalue weighted by Gasteiger charge is -2.18. The van der Waals surface area contributed by atoms with Crippen LogP contribution in [0.4, 0.5) is 5.82 Å². The number of rotatable bonds is 9. The average Bonchev–Trinajstić information content (AvgIpc) is 3.21. The first-order valence-corrected chi connectivity index (χ1v) is 11.4. The molecule has 0 radical (unpaired) electrons. The van der Waals surface area contributed by atoms with Crippen molar-refractivity contribution < 1.29 is 14.6 Å². The molecule has 0 amide bonds. The fourth-order valence-electron chi connectivity index (χ4n) is 3.68. The number of aliphatic hydroxyl groups is 1. The van der Waals surface area contributed by atoms with Crippen LogP contribution in [-0.4, -0.2) is 43.5 Å². The Labute approximate surface area is 193 Å². The van der Waals surface area contributed by atoms with Gasteiger partial charge in [-0.25, -0.2) is 4.99 Å². The van der Waals surface area contributed by atoms with Gasteiger partial charge in [-0.15, -0.1) is 0 Å². The van der Waals surface area contributed by atoms with Crippen LogP contribution < -0.4 is 15.7 Å². The lowest BCUT2D eigenvalue weighted by atomic mass is 10.1. The number of benzene rings is 1. The first-order valence-electron chi connectivity index (χ1n) is 11.4. The van der Waals surface area contributed by atoms with Crippen LogP contribution in [0, 0.1) is 0 Å². The van der Waals surface area contributed by atoms with Crippen molar-refractivity contribution in [3.8, 4) is 5.75 Å². The summed E-state index contributed by atoms with van der Waals surface area (Å²) in [5, 5.41) is 20.9. The van der Waals surface area contributed by atoms with Crippen LogP contribution in [0.15, 0.2) is 29.3 Å². The predicted molar refractivity (Wildman–Crippen MR) is 128 cm³/mol. The number of hydrogen-bond acceptors (Lipinski definition) is 7. The molecule has 9 heteroatoms. The topological polar surface area (TPSA) is 117 Å². The van der Waals surface area contributed by atoms with E-state index in [1.165, 1.54) is 6.92 Å². The summed E-state index contributed by atoms with van der Waals surface area (Å²) in [6.07, 6.45) is 0.704. The minimum Gasteiger partial charge on any atom is -0.426 e. The van der Waals surface area contributed by atoms with E-state index in [0.717, 1.165) is 16.8 Å². The molecule has 0 bridgehead atoms. The molecule has 0 saturated heterocycles. The Hall–Kier alpha value is -3.20. The van der Waals surface area contributed by atoms with Crippen LogP contribution in [0.2, 0.25) is 0 Å². The van der Waals surface area contributed by atoms with Crippen LogP contribution in [0.3, 0.4) is 0 Å². The zero-order chi connectivity index (χ0) is 24.1. The zero-order valence-corrected chi connectivity index (χ0v) is 20.2. The van der Waals surface area contributed by atoms with E-state index in [1.54, 1.807) is 6.07 Å². The number of anilines is 1. The third-order valence-corrected chi connectivity index (χ3v) is 5.41. The van der Waals surface area contributed by atoms with Crippen molar-refractivity contribution in [1.82, 2.24) is 19.7 Å². The highest BCUT2D eigenvalue weighted by atomic mass is 16.5. The van der Waals surface area contributed by atoms with Crippen molar-refractivity contribution in [2.75, 3.05) is 11.9 Å². The molecule has 178 valence electrons. The molecular weight excluding hydrogens is 420 g/mol. The fraction of sp³-hybridized carbons (Fsp3) is 0.500. The third kappa shape index (κ3) is 5.42. The molecule has 2 heterocycles. The summed E-state index contributed by atoms with van der Waals surface area (Å²) in [4.78, 5) is 21.1. The number of H-pyrrole nitrogens is 1. The Bertz CT molecular complexity index is 1170. The molecular formula is C24H34N6O3. The molecule has 3 N–H and O–H groups in total. The Morgan fingerprint density at radius 2 is 2.00 bits per heavy atom. The van der Waals surface area contributed by atoms with Gasteiger partial charge in [0.1, 0.15) is 5.75 Å². The van der Waals surface area contributed by atoms with Gasteiger partial charge in [-0.2, -0.15) is 10.1 Å². The van der Waals surface area contributed by atoms with E-state index in [9.17, 15) is 9.90 Å². The highest BCUT2D eigenvalue weighted by Gasteiger charge is 2.21. The van der Waals surface area contributed by atoms with Crippen molar-refractivity contribution in [3.63, 3.8) is 0 Å². The van der Waals surface area contributed by atoms with Crippen molar-refractivity contribution in [1.29, 1.82) is 0 Å². The summed E-state index contributed by atoms with van der Waals surface area (Å²) >= 11 is 0. The molecule has 0 aliphatic rings. The van der Waals surface area contributed by atoms with Crippen LogP contribution in [0.1, 0.15) is 71.2 Å². The number of aromatic amines is 1. The van der Waals surface area contributed by atoms with Crippen molar-refractivity contribution in [2.24, 2.45) is 4.99 Å². The molecule has 9 nitrogen and oxygen atoms in total. The smallest absolute Gasteiger partial charge is 0.308 e. The molecule has 0 saturated carbocycles. The highest BCUT2D eigenvalue weighted by molar-refractivity contribution is 5.87. The number of carbonyl (C=O) groups is 1. The number of aliphatic hydroxyl groups excluding tert-OH is 1. The highest BCUT2D eigenvalue weighted by Crippen LogP contribution is 2.28. The SMILES string of the molecule is CCC(CO)N=c1nc(NCc2ccccc2OC(C)=O)c2n[nH]c(C(C)C)c2n1C(C)C. The van der Waals surface area contributed by atoms with E-state index in [-0.39, 0.29) is 30.6 Å². The molecule has 1 atom stereocenters. The number of nitrogens with one attached hydrogen (secondary N) is 2. The molecule has 3 rings (SSSR count). The number of aromatic nitrogens is 4. The first kappa shape index (κ1) is 24.4. The van der Waals surface area contributed by atoms with Gasteiger partial charge in [0.25, 0.3) is 0 Å². The lowest BCUT2D eigenvalue weighted by molar-refractivity contribution is -0.131. The van der Waals surface area contributed by atoms with E-state index in [0.29, 0.717) is 35.7 Å². The monoisotopic (exact) mass is 454 g/mol. The Morgan fingerprint density at radius 1 is 1.27 bits per heavy atom. The van der Waals surface area contributed by atoms with Crippen molar-refractivity contribution in [3.05, 3.63) is 41.1 Å². The molecule has 0 aliphatic heterocycles. The molecule has 0 fully saturated rings. The molecule has 0 aliphatic carbocycles. The van der Waals surface area contributed by atoms with E-state index in [4.69, 9.17) is 14.7 Å². The van der Waals surface area contributed by atoms with E-state index < -0.39 is 0 Å². The van der Waals surface area contributed by atoms with Crippen LogP contribution in [-0.2, 0) is 11.3 Å². The number of carbonyl (C=O) groups excluding carboxylic acids is 1. The van der Waals surface area contributed by atoms with Gasteiger partial charge in [0.05, 0.1) is 23.9 Å². The molecule has 2 aromatic heterocycles. The number of ether oxygens (including phenoxy) is 1. The zero-order valence-electron chi connectivity index (χ0n) is 20.2. The standard InChI is InChI=1S/C24H34N6O3/c1-7-18(13-31)26-24-27-23(25-12-17-10-8-9-11-19(17)33-16(6)32)21-22(30(24)15(4)5)20(14(2)3)28-29-21/h8-11,14-15,18,31H,7,12-13H2,1-6H3,(H,28,29)(H,25,26,27). The Morgan fingerprint density at radius 3 is 2.61 bits per heavy atom.